The summed E-state index contributed by atoms with van der Waals surface area (Å²) in [5, 5.41) is 15.9. The van der Waals surface area contributed by atoms with Crippen LogP contribution in [0.5, 0.6) is 0 Å². The Hall–Kier alpha value is -3.46. The third kappa shape index (κ3) is 3.29. The lowest BCUT2D eigenvalue weighted by Gasteiger charge is -2.11. The number of nitrogens with one attached hydrogen (secondary N) is 1. The molecule has 3 aromatic heterocycles. The molecule has 0 amide bonds. The average molecular weight is 407 g/mol. The lowest BCUT2D eigenvalue weighted by molar-refractivity contribution is -0.607. The van der Waals surface area contributed by atoms with Crippen LogP contribution < -0.4 is 9.45 Å². The first-order valence-electron chi connectivity index (χ1n) is 9.17. The number of sulfonamides is 1. The van der Waals surface area contributed by atoms with Crippen molar-refractivity contribution in [2.45, 2.75) is 23.7 Å². The largest absolute Gasteiger partial charge is 0.619 e. The topological polar surface area (TPSA) is 103 Å². The van der Waals surface area contributed by atoms with Gasteiger partial charge in [0.2, 0.25) is 6.20 Å². The van der Waals surface area contributed by atoms with E-state index in [9.17, 15) is 13.6 Å². The van der Waals surface area contributed by atoms with Gasteiger partial charge in [-0.1, -0.05) is 30.3 Å². The fourth-order valence-electron chi connectivity index (χ4n) is 3.28. The highest BCUT2D eigenvalue weighted by Crippen LogP contribution is 2.42. The van der Waals surface area contributed by atoms with Crippen LogP contribution in [0, 0.1) is 5.21 Å². The van der Waals surface area contributed by atoms with Crippen LogP contribution in [0.15, 0.2) is 72.0 Å². The molecule has 0 unspecified atom stereocenters. The van der Waals surface area contributed by atoms with Crippen LogP contribution in [0.2, 0.25) is 0 Å². The van der Waals surface area contributed by atoms with Gasteiger partial charge in [-0.3, -0.25) is 4.72 Å². The minimum absolute atomic E-state index is 0.129. The summed E-state index contributed by atoms with van der Waals surface area (Å²) in [4.78, 5) is 4.63. The van der Waals surface area contributed by atoms with Gasteiger partial charge in [0, 0.05) is 23.3 Å². The Bertz CT molecular complexity index is 1310. The van der Waals surface area contributed by atoms with Gasteiger partial charge in [0.15, 0.2) is 16.7 Å². The second-order valence-corrected chi connectivity index (χ2v) is 8.69. The van der Waals surface area contributed by atoms with Gasteiger partial charge < -0.3 is 5.21 Å². The zero-order chi connectivity index (χ0) is 20.0. The maximum atomic E-state index is 12.9. The average Bonchev–Trinajstić information content (AvgIpc) is 3.47. The molecule has 8 nitrogen and oxygen atoms in total. The quantitative estimate of drug-likeness (QED) is 0.405. The van der Waals surface area contributed by atoms with Gasteiger partial charge in [-0.2, -0.15) is 14.3 Å². The monoisotopic (exact) mass is 407 g/mol. The summed E-state index contributed by atoms with van der Waals surface area (Å²) in [6, 6.07) is 14.0. The van der Waals surface area contributed by atoms with E-state index in [4.69, 9.17) is 4.98 Å². The number of hydrogen-bond acceptors (Lipinski definition) is 5. The van der Waals surface area contributed by atoms with E-state index in [1.807, 2.05) is 30.3 Å². The van der Waals surface area contributed by atoms with Gasteiger partial charge in [0.1, 0.15) is 5.82 Å². The number of hydrogen-bond donors (Lipinski definition) is 1. The molecule has 0 spiro atoms. The standard InChI is InChI=1S/C20H17N5O3S/c26-24-10-4-7-16(13-24)29(27,28)23-19-11-18(15-5-2-1-3-6-15)22-20-17(14-8-9-14)12-21-25(19)20/h1-7,10-14,23H,8-9H2. The van der Waals surface area contributed by atoms with Crippen LogP contribution in [0.1, 0.15) is 24.3 Å². The van der Waals surface area contributed by atoms with Crippen molar-refractivity contribution < 1.29 is 13.1 Å². The van der Waals surface area contributed by atoms with E-state index in [0.717, 1.165) is 30.2 Å². The van der Waals surface area contributed by atoms with Crippen LogP contribution in [-0.4, -0.2) is 23.0 Å². The molecule has 0 atom stereocenters. The summed E-state index contributed by atoms with van der Waals surface area (Å²) in [5.74, 6) is 0.672. The Balaban J connectivity index is 1.66. The van der Waals surface area contributed by atoms with E-state index in [0.29, 0.717) is 22.0 Å². The summed E-state index contributed by atoms with van der Waals surface area (Å²) in [6.45, 7) is 0. The molecule has 0 saturated heterocycles. The molecule has 9 heteroatoms. The predicted octanol–water partition coefficient (Wildman–Crippen LogP) is 2.71. The molecule has 0 radical (unpaired) electrons. The fourth-order valence-corrected chi connectivity index (χ4v) is 4.32. The number of fused-ring (bicyclic) bond motifs is 1. The highest BCUT2D eigenvalue weighted by molar-refractivity contribution is 7.92. The van der Waals surface area contributed by atoms with Crippen molar-refractivity contribution in [3.05, 3.63) is 77.9 Å². The van der Waals surface area contributed by atoms with E-state index >= 15 is 0 Å². The van der Waals surface area contributed by atoms with E-state index in [1.165, 1.54) is 22.8 Å². The highest BCUT2D eigenvalue weighted by Gasteiger charge is 2.29. The normalized spacial score (nSPS) is 14.2. The van der Waals surface area contributed by atoms with E-state index in [2.05, 4.69) is 9.82 Å². The molecule has 1 aliphatic carbocycles. The number of nitrogens with zero attached hydrogens (tertiary/aromatic N) is 4. The first kappa shape index (κ1) is 17.6. The number of rotatable bonds is 5. The second kappa shape index (κ2) is 6.56. The minimum atomic E-state index is -3.98. The van der Waals surface area contributed by atoms with Crippen molar-refractivity contribution in [1.82, 2.24) is 14.6 Å². The van der Waals surface area contributed by atoms with E-state index in [1.54, 1.807) is 12.3 Å². The van der Waals surface area contributed by atoms with E-state index < -0.39 is 10.0 Å². The van der Waals surface area contributed by atoms with Gasteiger partial charge in [-0.05, 0) is 24.8 Å². The Morgan fingerprint density at radius 1 is 1.14 bits per heavy atom. The van der Waals surface area contributed by atoms with Crippen molar-refractivity contribution >= 4 is 21.5 Å². The Morgan fingerprint density at radius 3 is 2.66 bits per heavy atom. The van der Waals surface area contributed by atoms with Crippen molar-refractivity contribution in [3.63, 3.8) is 0 Å². The molecular formula is C20H17N5O3S. The van der Waals surface area contributed by atoms with Crippen LogP contribution in [0.3, 0.4) is 0 Å². The summed E-state index contributed by atoms with van der Waals surface area (Å²) in [6.07, 6.45) is 6.14. The number of benzene rings is 1. The summed E-state index contributed by atoms with van der Waals surface area (Å²) >= 11 is 0. The molecule has 146 valence electrons. The second-order valence-electron chi connectivity index (χ2n) is 7.01. The van der Waals surface area contributed by atoms with Gasteiger partial charge in [0.25, 0.3) is 10.0 Å². The zero-order valence-corrected chi connectivity index (χ0v) is 16.1. The predicted molar refractivity (Wildman–Crippen MR) is 107 cm³/mol. The molecule has 29 heavy (non-hydrogen) atoms. The number of anilines is 1. The summed E-state index contributed by atoms with van der Waals surface area (Å²) < 4.78 is 30.3. The van der Waals surface area contributed by atoms with Crippen molar-refractivity contribution in [2.75, 3.05) is 4.72 Å². The zero-order valence-electron chi connectivity index (χ0n) is 15.3. The van der Waals surface area contributed by atoms with Crippen LogP contribution >= 0.6 is 0 Å². The molecule has 5 rings (SSSR count). The molecule has 0 aliphatic heterocycles. The van der Waals surface area contributed by atoms with Crippen molar-refractivity contribution in [3.8, 4) is 11.3 Å². The molecule has 0 bridgehead atoms. The van der Waals surface area contributed by atoms with Gasteiger partial charge in [-0.15, -0.1) is 0 Å². The van der Waals surface area contributed by atoms with Gasteiger partial charge >= 0.3 is 0 Å². The Kier molecular flexibility index (Phi) is 3.99. The Morgan fingerprint density at radius 2 is 1.93 bits per heavy atom. The summed E-state index contributed by atoms with van der Waals surface area (Å²) in [5.41, 5.74) is 3.17. The molecule has 4 aromatic rings. The molecule has 1 fully saturated rings. The van der Waals surface area contributed by atoms with Crippen LogP contribution in [-0.2, 0) is 10.0 Å². The molecule has 1 saturated carbocycles. The maximum absolute atomic E-state index is 12.9. The van der Waals surface area contributed by atoms with Crippen molar-refractivity contribution in [2.24, 2.45) is 0 Å². The highest BCUT2D eigenvalue weighted by atomic mass is 32.2. The lowest BCUT2D eigenvalue weighted by atomic mass is 10.1. The first-order chi connectivity index (χ1) is 14.0. The lowest BCUT2D eigenvalue weighted by Crippen LogP contribution is -2.27. The van der Waals surface area contributed by atoms with Crippen LogP contribution in [0.4, 0.5) is 5.82 Å². The first-order valence-corrected chi connectivity index (χ1v) is 10.7. The molecule has 1 aliphatic rings. The number of aromatic nitrogens is 4. The molecule has 1 aromatic carbocycles. The van der Waals surface area contributed by atoms with Gasteiger partial charge in [0.05, 0.1) is 11.9 Å². The van der Waals surface area contributed by atoms with E-state index in [-0.39, 0.29) is 10.7 Å². The molecule has 3 heterocycles. The van der Waals surface area contributed by atoms with Crippen molar-refractivity contribution in [1.29, 1.82) is 0 Å². The molecule has 1 N–H and O–H groups in total. The summed E-state index contributed by atoms with van der Waals surface area (Å²) in [7, 11) is -3.98. The SMILES string of the molecule is O=S(=O)(Nc1cc(-c2ccccc2)nc2c(C3CC3)cnn12)c1ccc[n+]([O-])c1. The minimum Gasteiger partial charge on any atom is -0.619 e. The smallest absolute Gasteiger partial charge is 0.269 e. The maximum Gasteiger partial charge on any atom is 0.269 e. The van der Waals surface area contributed by atoms with Gasteiger partial charge in [-0.25, -0.2) is 13.4 Å². The Labute approximate surface area is 167 Å². The third-order valence-corrected chi connectivity index (χ3v) is 6.22. The number of pyridine rings is 1. The third-order valence-electron chi connectivity index (χ3n) is 4.88. The van der Waals surface area contributed by atoms with Crippen LogP contribution in [0.25, 0.3) is 16.9 Å². The fraction of sp³-hybridized carbons (Fsp3) is 0.150. The molecular weight excluding hydrogens is 390 g/mol.